The number of benzene rings is 4. The standard InChI is InChI=1S/C26H19N2.B.Y/c1-18-7-8-21(15-24(18)26-13-14-27-17-28(26)2)22-12-11-20-10-9-19-5-3-4-6-23(19)25(20)16-22;;/h3-11,13-14,16-17H,1-2H3;;/q-1;;. The number of nitrogens with zero attached hydrogens (tertiary/aromatic N) is 2. The first-order valence-corrected chi connectivity index (χ1v) is 9.37. The van der Waals surface area contributed by atoms with Gasteiger partial charge in [0.25, 0.3) is 6.33 Å². The average molecular weight is 459 g/mol. The van der Waals surface area contributed by atoms with Crippen LogP contribution >= 0.6 is 0 Å². The summed E-state index contributed by atoms with van der Waals surface area (Å²) in [5.41, 5.74) is 5.49. The smallest absolute Gasteiger partial charge is 0.266 e. The van der Waals surface area contributed by atoms with Gasteiger partial charge in [0.05, 0.1) is 12.7 Å². The SMILES string of the molecule is Cc1ccc(-c2[c-]cc3ccc4ccccc4c3c2)[c-]c1-c1ccnc[n+]1C.[B].[Y]. The van der Waals surface area contributed by atoms with Crippen LogP contribution in [0.25, 0.3) is 43.9 Å². The van der Waals surface area contributed by atoms with Gasteiger partial charge in [-0.05, 0) is 16.8 Å². The summed E-state index contributed by atoms with van der Waals surface area (Å²) in [4.78, 5) is 4.19. The maximum Gasteiger partial charge on any atom is 0.279 e. The Labute approximate surface area is 204 Å². The molecule has 1 heterocycles. The number of aromatic nitrogens is 2. The molecule has 0 N–H and O–H groups in total. The number of hydrogen-bond donors (Lipinski definition) is 0. The first-order valence-electron chi connectivity index (χ1n) is 9.37. The minimum absolute atomic E-state index is 0. The van der Waals surface area contributed by atoms with E-state index in [9.17, 15) is 0 Å². The molecule has 0 aliphatic rings. The van der Waals surface area contributed by atoms with Crippen LogP contribution in [0.4, 0.5) is 0 Å². The van der Waals surface area contributed by atoms with E-state index in [1.54, 1.807) is 0 Å². The zero-order valence-electron chi connectivity index (χ0n) is 17.1. The van der Waals surface area contributed by atoms with Crippen molar-refractivity contribution >= 4 is 30.0 Å². The summed E-state index contributed by atoms with van der Waals surface area (Å²) >= 11 is 0. The molecule has 1 aromatic heterocycles. The maximum absolute atomic E-state index is 4.19. The van der Waals surface area contributed by atoms with Crippen LogP contribution < -0.4 is 4.57 Å². The summed E-state index contributed by atoms with van der Waals surface area (Å²) in [6, 6.07) is 30.6. The van der Waals surface area contributed by atoms with Crippen LogP contribution in [0, 0.1) is 19.1 Å². The summed E-state index contributed by atoms with van der Waals surface area (Å²) in [7, 11) is 2.01. The van der Waals surface area contributed by atoms with Crippen LogP contribution in [0.5, 0.6) is 0 Å². The van der Waals surface area contributed by atoms with Gasteiger partial charge in [0.2, 0.25) is 0 Å². The van der Waals surface area contributed by atoms with Crippen LogP contribution in [0.1, 0.15) is 5.56 Å². The molecule has 4 heteroatoms. The fourth-order valence-corrected chi connectivity index (χ4v) is 3.78. The normalized spacial score (nSPS) is 10.5. The van der Waals surface area contributed by atoms with Gasteiger partial charge in [0.15, 0.2) is 0 Å². The fourth-order valence-electron chi connectivity index (χ4n) is 3.78. The van der Waals surface area contributed by atoms with Crippen molar-refractivity contribution in [3.8, 4) is 22.4 Å². The molecule has 0 bridgehead atoms. The van der Waals surface area contributed by atoms with Crippen LogP contribution in [-0.2, 0) is 39.8 Å². The minimum Gasteiger partial charge on any atom is -0.266 e. The molecular formula is C26H19BN2Y-. The summed E-state index contributed by atoms with van der Waals surface area (Å²) < 4.78 is 2.03. The number of rotatable bonds is 2. The number of hydrogen-bond acceptors (Lipinski definition) is 1. The van der Waals surface area contributed by atoms with E-state index < -0.39 is 0 Å². The largest absolute Gasteiger partial charge is 0.279 e. The van der Waals surface area contributed by atoms with E-state index in [0.717, 1.165) is 22.4 Å². The molecule has 4 aromatic carbocycles. The van der Waals surface area contributed by atoms with Crippen molar-refractivity contribution in [1.82, 2.24) is 4.98 Å². The van der Waals surface area contributed by atoms with E-state index in [2.05, 4.69) is 84.7 Å². The second kappa shape index (κ2) is 9.20. The molecule has 0 unspecified atom stereocenters. The van der Waals surface area contributed by atoms with Crippen molar-refractivity contribution < 1.29 is 37.3 Å². The van der Waals surface area contributed by atoms with Crippen LogP contribution in [-0.4, -0.2) is 13.4 Å². The van der Waals surface area contributed by atoms with E-state index >= 15 is 0 Å². The molecule has 140 valence electrons. The van der Waals surface area contributed by atoms with Crippen LogP contribution in [0.15, 0.2) is 79.3 Å². The van der Waals surface area contributed by atoms with Gasteiger partial charge in [-0.3, -0.25) is 4.57 Å². The van der Waals surface area contributed by atoms with E-state index in [1.165, 1.54) is 27.1 Å². The average Bonchev–Trinajstić information content (AvgIpc) is 2.74. The molecule has 0 aliphatic carbocycles. The van der Waals surface area contributed by atoms with Gasteiger partial charge in [-0.2, -0.15) is 29.8 Å². The maximum atomic E-state index is 4.19. The molecule has 30 heavy (non-hydrogen) atoms. The Balaban J connectivity index is 0.00000128. The molecule has 0 aliphatic heterocycles. The summed E-state index contributed by atoms with van der Waals surface area (Å²) in [6.45, 7) is 2.12. The van der Waals surface area contributed by atoms with Crippen LogP contribution in [0.2, 0.25) is 0 Å². The third-order valence-corrected chi connectivity index (χ3v) is 5.31. The molecule has 2 nitrogen and oxygen atoms in total. The fraction of sp³-hybridized carbons (Fsp3) is 0.0769. The Morgan fingerprint density at radius 2 is 1.67 bits per heavy atom. The zero-order chi connectivity index (χ0) is 19.1. The second-order valence-electron chi connectivity index (χ2n) is 7.14. The number of fused-ring (bicyclic) bond motifs is 3. The summed E-state index contributed by atoms with van der Waals surface area (Å²) in [5.74, 6) is 0. The predicted octanol–water partition coefficient (Wildman–Crippen LogP) is 5.07. The quantitative estimate of drug-likeness (QED) is 0.156. The second-order valence-corrected chi connectivity index (χ2v) is 7.14. The van der Waals surface area contributed by atoms with Crippen molar-refractivity contribution in [2.24, 2.45) is 7.05 Å². The van der Waals surface area contributed by atoms with E-state index in [-0.39, 0.29) is 41.1 Å². The van der Waals surface area contributed by atoms with E-state index in [1.807, 2.05) is 30.2 Å². The topological polar surface area (TPSA) is 16.8 Å². The van der Waals surface area contributed by atoms with Crippen molar-refractivity contribution in [2.45, 2.75) is 6.92 Å². The first kappa shape index (κ1) is 22.3. The first-order chi connectivity index (χ1) is 13.7. The zero-order valence-corrected chi connectivity index (χ0v) is 19.9. The molecule has 5 rings (SSSR count). The van der Waals surface area contributed by atoms with Crippen molar-refractivity contribution in [1.29, 1.82) is 0 Å². The molecule has 0 saturated carbocycles. The molecule has 0 fully saturated rings. The summed E-state index contributed by atoms with van der Waals surface area (Å²) in [6.07, 6.45) is 3.65. The minimum atomic E-state index is 0. The predicted molar refractivity (Wildman–Crippen MR) is 119 cm³/mol. The molecule has 0 amide bonds. The third-order valence-electron chi connectivity index (χ3n) is 5.31. The van der Waals surface area contributed by atoms with Crippen LogP contribution in [0.3, 0.4) is 0 Å². The van der Waals surface area contributed by atoms with Gasteiger partial charge in [-0.25, -0.2) is 5.56 Å². The van der Waals surface area contributed by atoms with E-state index in [0.29, 0.717) is 0 Å². The Morgan fingerprint density at radius 1 is 0.867 bits per heavy atom. The van der Waals surface area contributed by atoms with Gasteiger partial charge in [0.1, 0.15) is 6.20 Å². The Hall–Kier alpha value is -2.35. The Kier molecular flexibility index (Phi) is 6.85. The third kappa shape index (κ3) is 3.97. The van der Waals surface area contributed by atoms with Gasteiger partial charge in [-0.1, -0.05) is 53.9 Å². The van der Waals surface area contributed by atoms with Gasteiger partial charge < -0.3 is 0 Å². The van der Waals surface area contributed by atoms with Crippen molar-refractivity contribution in [3.05, 3.63) is 97.0 Å². The molecule has 0 atom stereocenters. The van der Waals surface area contributed by atoms with E-state index in [4.69, 9.17) is 0 Å². The molecule has 4 radical (unpaired) electrons. The molecular weight excluding hydrogens is 440 g/mol. The molecule has 0 spiro atoms. The Bertz CT molecular complexity index is 1350. The van der Waals surface area contributed by atoms with Gasteiger partial charge >= 0.3 is 0 Å². The van der Waals surface area contributed by atoms with Gasteiger partial charge in [0, 0.05) is 41.1 Å². The molecule has 5 aromatic rings. The van der Waals surface area contributed by atoms with Gasteiger partial charge in [-0.15, -0.1) is 28.5 Å². The number of aryl methyl sites for hydroxylation is 2. The Morgan fingerprint density at radius 3 is 2.50 bits per heavy atom. The van der Waals surface area contributed by atoms with Crippen molar-refractivity contribution in [2.75, 3.05) is 0 Å². The monoisotopic (exact) mass is 459 g/mol. The van der Waals surface area contributed by atoms with Crippen molar-refractivity contribution in [3.63, 3.8) is 0 Å². The summed E-state index contributed by atoms with van der Waals surface area (Å²) in [5, 5.41) is 4.97. The molecule has 0 saturated heterocycles.